The summed E-state index contributed by atoms with van der Waals surface area (Å²) < 4.78 is 24.0. The molecule has 0 spiro atoms. The van der Waals surface area contributed by atoms with Crippen molar-refractivity contribution in [2.24, 2.45) is 0 Å². The largest absolute Gasteiger partial charge is 0.507 e. The van der Waals surface area contributed by atoms with E-state index in [-0.39, 0.29) is 17.3 Å². The molecule has 0 unspecified atom stereocenters. The third-order valence-corrected chi connectivity index (χ3v) is 5.10. The van der Waals surface area contributed by atoms with Gasteiger partial charge in [0.25, 0.3) is 0 Å². The first-order chi connectivity index (χ1) is 7.53. The summed E-state index contributed by atoms with van der Waals surface area (Å²) in [5.41, 5.74) is 0.694. The number of benzene rings is 1. The van der Waals surface area contributed by atoms with E-state index in [1.807, 2.05) is 6.07 Å². The maximum absolute atomic E-state index is 11.5. The summed E-state index contributed by atoms with van der Waals surface area (Å²) in [4.78, 5) is 0. The van der Waals surface area contributed by atoms with Crippen molar-refractivity contribution in [3.63, 3.8) is 0 Å². The van der Waals surface area contributed by atoms with Gasteiger partial charge in [0, 0.05) is 15.8 Å². The number of rotatable bonds is 3. The average molecular weight is 256 g/mol. The van der Waals surface area contributed by atoms with Crippen LogP contribution in [0.25, 0.3) is 10.1 Å². The molecule has 0 saturated carbocycles. The second kappa shape index (κ2) is 4.07. The first-order valence-electron chi connectivity index (χ1n) is 4.92. The third kappa shape index (κ3) is 2.05. The highest BCUT2D eigenvalue weighted by molar-refractivity contribution is 7.90. The molecular formula is C11H12O3S2. The van der Waals surface area contributed by atoms with Crippen LogP contribution in [0.4, 0.5) is 0 Å². The molecule has 5 heteroatoms. The van der Waals surface area contributed by atoms with Gasteiger partial charge in [-0.1, -0.05) is 13.0 Å². The monoisotopic (exact) mass is 256 g/mol. The number of thiophene rings is 1. The van der Waals surface area contributed by atoms with Crippen LogP contribution in [0.5, 0.6) is 5.75 Å². The Kier molecular flexibility index (Phi) is 2.90. The number of hydrogen-bond donors (Lipinski definition) is 1. The lowest BCUT2D eigenvalue weighted by Gasteiger charge is -2.01. The predicted molar refractivity (Wildman–Crippen MR) is 66.7 cm³/mol. The van der Waals surface area contributed by atoms with Crippen molar-refractivity contribution in [3.05, 3.63) is 29.1 Å². The smallest absolute Gasteiger partial charge is 0.154 e. The number of sulfone groups is 1. The minimum Gasteiger partial charge on any atom is -0.507 e. The van der Waals surface area contributed by atoms with Crippen molar-refractivity contribution in [2.45, 2.75) is 12.7 Å². The normalized spacial score (nSPS) is 12.1. The van der Waals surface area contributed by atoms with E-state index >= 15 is 0 Å². The predicted octanol–water partition coefficient (Wildman–Crippen LogP) is 2.54. The lowest BCUT2D eigenvalue weighted by atomic mass is 10.2. The van der Waals surface area contributed by atoms with E-state index in [2.05, 4.69) is 0 Å². The van der Waals surface area contributed by atoms with Gasteiger partial charge in [-0.25, -0.2) is 8.42 Å². The molecule has 1 aromatic carbocycles. The molecular weight excluding hydrogens is 244 g/mol. The Morgan fingerprint density at radius 3 is 2.81 bits per heavy atom. The van der Waals surface area contributed by atoms with E-state index in [0.29, 0.717) is 10.9 Å². The van der Waals surface area contributed by atoms with Crippen LogP contribution in [0.15, 0.2) is 23.6 Å². The number of hydrogen-bond acceptors (Lipinski definition) is 4. The summed E-state index contributed by atoms with van der Waals surface area (Å²) in [6.45, 7) is 1.63. The lowest BCUT2D eigenvalue weighted by Crippen LogP contribution is -2.05. The molecule has 3 nitrogen and oxygen atoms in total. The average Bonchev–Trinajstić information content (AvgIpc) is 2.62. The van der Waals surface area contributed by atoms with Crippen LogP contribution in [-0.2, 0) is 15.6 Å². The van der Waals surface area contributed by atoms with Gasteiger partial charge in [0.05, 0.1) is 5.75 Å². The van der Waals surface area contributed by atoms with Crippen molar-refractivity contribution < 1.29 is 13.5 Å². The topological polar surface area (TPSA) is 54.4 Å². The van der Waals surface area contributed by atoms with Gasteiger partial charge in [0.2, 0.25) is 0 Å². The first kappa shape index (κ1) is 11.4. The Hall–Kier alpha value is -1.07. The Bertz CT molecular complexity index is 611. The molecule has 1 aromatic heterocycles. The van der Waals surface area contributed by atoms with E-state index in [4.69, 9.17) is 0 Å². The van der Waals surface area contributed by atoms with Crippen molar-refractivity contribution in [1.82, 2.24) is 0 Å². The quantitative estimate of drug-likeness (QED) is 0.918. The molecule has 2 aromatic rings. The third-order valence-electron chi connectivity index (χ3n) is 2.47. The number of fused-ring (bicyclic) bond motifs is 1. The maximum Gasteiger partial charge on any atom is 0.154 e. The van der Waals surface area contributed by atoms with E-state index < -0.39 is 9.84 Å². The van der Waals surface area contributed by atoms with Crippen LogP contribution in [0.1, 0.15) is 12.5 Å². The molecule has 0 saturated heterocycles. The fourth-order valence-corrected chi connectivity index (χ4v) is 3.57. The van der Waals surface area contributed by atoms with Gasteiger partial charge in [-0.2, -0.15) is 0 Å². The Balaban J connectivity index is 2.54. The molecule has 0 atom stereocenters. The zero-order valence-electron chi connectivity index (χ0n) is 8.80. The van der Waals surface area contributed by atoms with Gasteiger partial charge in [-0.3, -0.25) is 0 Å². The van der Waals surface area contributed by atoms with Crippen LogP contribution in [0, 0.1) is 0 Å². The summed E-state index contributed by atoms with van der Waals surface area (Å²) in [6.07, 6.45) is 0. The van der Waals surface area contributed by atoms with E-state index in [9.17, 15) is 13.5 Å². The van der Waals surface area contributed by atoms with Crippen LogP contribution in [-0.4, -0.2) is 19.3 Å². The fourth-order valence-electron chi connectivity index (χ4n) is 1.58. The Labute approximate surface area is 98.3 Å². The lowest BCUT2D eigenvalue weighted by molar-refractivity contribution is 0.481. The molecule has 1 N–H and O–H groups in total. The van der Waals surface area contributed by atoms with E-state index in [0.717, 1.165) is 4.70 Å². The molecule has 2 rings (SSSR count). The zero-order valence-corrected chi connectivity index (χ0v) is 10.4. The molecule has 86 valence electrons. The van der Waals surface area contributed by atoms with Crippen molar-refractivity contribution >= 4 is 31.3 Å². The highest BCUT2D eigenvalue weighted by Crippen LogP contribution is 2.33. The van der Waals surface area contributed by atoms with E-state index in [1.54, 1.807) is 24.4 Å². The van der Waals surface area contributed by atoms with Gasteiger partial charge in [0.15, 0.2) is 9.84 Å². The minimum atomic E-state index is -3.06. The molecule has 0 bridgehead atoms. The summed E-state index contributed by atoms with van der Waals surface area (Å²) in [5, 5.41) is 12.2. The van der Waals surface area contributed by atoms with Crippen LogP contribution in [0.3, 0.4) is 0 Å². The van der Waals surface area contributed by atoms with Gasteiger partial charge >= 0.3 is 0 Å². The second-order valence-electron chi connectivity index (χ2n) is 3.59. The minimum absolute atomic E-state index is 0.00106. The summed E-state index contributed by atoms with van der Waals surface area (Å²) >= 11 is 1.45. The first-order valence-corrected chi connectivity index (χ1v) is 7.62. The second-order valence-corrected chi connectivity index (χ2v) is 6.85. The van der Waals surface area contributed by atoms with E-state index in [1.165, 1.54) is 11.3 Å². The molecule has 0 radical (unpaired) electrons. The summed E-state index contributed by atoms with van der Waals surface area (Å²) in [6, 6.07) is 5.21. The standard InChI is InChI=1S/C11H12O3S2/c1-2-16(13,14)7-8-6-15-10-5-3-4-9(12)11(8)10/h3-6,12H,2,7H2,1H3. The molecule has 0 amide bonds. The molecule has 0 aliphatic heterocycles. The molecule has 0 aliphatic rings. The number of phenols is 1. The summed E-state index contributed by atoms with van der Waals surface area (Å²) in [5.74, 6) is 0.277. The Morgan fingerprint density at radius 1 is 1.38 bits per heavy atom. The van der Waals surface area contributed by atoms with Crippen LogP contribution < -0.4 is 0 Å². The fraction of sp³-hybridized carbons (Fsp3) is 0.273. The highest BCUT2D eigenvalue weighted by atomic mass is 32.2. The van der Waals surface area contributed by atoms with Crippen molar-refractivity contribution in [3.8, 4) is 5.75 Å². The number of phenolic OH excluding ortho intramolecular Hbond substituents is 1. The van der Waals surface area contributed by atoms with Gasteiger partial charge in [-0.05, 0) is 23.1 Å². The summed E-state index contributed by atoms with van der Waals surface area (Å²) in [7, 11) is -3.06. The molecule has 1 heterocycles. The van der Waals surface area contributed by atoms with Crippen LogP contribution in [0.2, 0.25) is 0 Å². The van der Waals surface area contributed by atoms with Gasteiger partial charge in [0.1, 0.15) is 5.75 Å². The van der Waals surface area contributed by atoms with Gasteiger partial charge < -0.3 is 5.11 Å². The number of aromatic hydroxyl groups is 1. The SMILES string of the molecule is CCS(=O)(=O)Cc1csc2cccc(O)c12. The Morgan fingerprint density at radius 2 is 2.12 bits per heavy atom. The van der Waals surface area contributed by atoms with Crippen molar-refractivity contribution in [2.75, 3.05) is 5.75 Å². The van der Waals surface area contributed by atoms with Gasteiger partial charge in [-0.15, -0.1) is 11.3 Å². The molecule has 0 aliphatic carbocycles. The van der Waals surface area contributed by atoms with Crippen LogP contribution >= 0.6 is 11.3 Å². The van der Waals surface area contributed by atoms with Crippen molar-refractivity contribution in [1.29, 1.82) is 0 Å². The maximum atomic E-state index is 11.5. The zero-order chi connectivity index (χ0) is 11.8. The molecule has 16 heavy (non-hydrogen) atoms. The highest BCUT2D eigenvalue weighted by Gasteiger charge is 2.14. The molecule has 0 fully saturated rings.